The van der Waals surface area contributed by atoms with Crippen molar-refractivity contribution in [1.82, 2.24) is 0 Å². The van der Waals surface area contributed by atoms with Crippen molar-refractivity contribution in [2.75, 3.05) is 18.0 Å². The maximum atomic E-state index is 13.2. The van der Waals surface area contributed by atoms with Crippen molar-refractivity contribution >= 4 is 5.69 Å². The highest BCUT2D eigenvalue weighted by Crippen LogP contribution is 2.38. The lowest BCUT2D eigenvalue weighted by Gasteiger charge is -2.34. The van der Waals surface area contributed by atoms with Crippen LogP contribution in [0.4, 0.5) is 18.9 Å². The average molecular weight is 287 g/mol. The fourth-order valence-electron chi connectivity index (χ4n) is 2.57. The van der Waals surface area contributed by atoms with E-state index in [0.29, 0.717) is 24.6 Å². The third kappa shape index (κ3) is 3.26. The Morgan fingerprint density at radius 3 is 2.45 bits per heavy atom. The second kappa shape index (κ2) is 6.04. The van der Waals surface area contributed by atoms with Crippen molar-refractivity contribution < 1.29 is 18.3 Å². The third-order valence-corrected chi connectivity index (χ3v) is 3.97. The van der Waals surface area contributed by atoms with Gasteiger partial charge in [-0.05, 0) is 43.4 Å². The molecule has 112 valence electrons. The zero-order valence-electron chi connectivity index (χ0n) is 11.6. The van der Waals surface area contributed by atoms with Crippen LogP contribution in [0.2, 0.25) is 0 Å². The molecule has 0 bridgehead atoms. The molecule has 2 nitrogen and oxygen atoms in total. The van der Waals surface area contributed by atoms with E-state index >= 15 is 0 Å². The molecule has 0 radical (unpaired) electrons. The molecule has 0 aliphatic heterocycles. The number of alkyl halides is 3. The topological polar surface area (TPSA) is 23.5 Å². The summed E-state index contributed by atoms with van der Waals surface area (Å²) >= 11 is 0. The summed E-state index contributed by atoms with van der Waals surface area (Å²) in [6, 6.07) is 4.10. The largest absolute Gasteiger partial charge is 0.418 e. The van der Waals surface area contributed by atoms with Crippen LogP contribution in [0.15, 0.2) is 18.2 Å². The summed E-state index contributed by atoms with van der Waals surface area (Å²) in [6.45, 7) is 2.73. The van der Waals surface area contributed by atoms with Crippen molar-refractivity contribution in [2.45, 2.75) is 39.0 Å². The second-order valence-corrected chi connectivity index (χ2v) is 5.34. The van der Waals surface area contributed by atoms with Gasteiger partial charge in [0.15, 0.2) is 0 Å². The third-order valence-electron chi connectivity index (χ3n) is 3.97. The maximum absolute atomic E-state index is 13.2. The molecule has 0 atom stereocenters. The molecular weight excluding hydrogens is 267 g/mol. The van der Waals surface area contributed by atoms with E-state index in [0.717, 1.165) is 18.9 Å². The smallest absolute Gasteiger partial charge is 0.392 e. The Morgan fingerprint density at radius 2 is 2.00 bits per heavy atom. The molecule has 5 heteroatoms. The molecule has 1 aliphatic rings. The molecular formula is C15H20F3NO. The van der Waals surface area contributed by atoms with E-state index in [1.165, 1.54) is 12.5 Å². The highest BCUT2D eigenvalue weighted by atomic mass is 19.4. The molecule has 20 heavy (non-hydrogen) atoms. The van der Waals surface area contributed by atoms with Gasteiger partial charge in [-0.2, -0.15) is 13.2 Å². The molecule has 0 amide bonds. The number of anilines is 1. The number of rotatable bonds is 5. The molecule has 2 rings (SSSR count). The van der Waals surface area contributed by atoms with Crippen molar-refractivity contribution in [2.24, 2.45) is 5.92 Å². The van der Waals surface area contributed by atoms with Crippen LogP contribution >= 0.6 is 0 Å². The van der Waals surface area contributed by atoms with E-state index in [-0.39, 0.29) is 12.3 Å². The molecule has 1 aliphatic carbocycles. The van der Waals surface area contributed by atoms with Gasteiger partial charge < -0.3 is 10.0 Å². The lowest BCUT2D eigenvalue weighted by molar-refractivity contribution is -0.137. The molecule has 1 N–H and O–H groups in total. The first-order chi connectivity index (χ1) is 9.45. The van der Waals surface area contributed by atoms with Gasteiger partial charge >= 0.3 is 6.18 Å². The maximum Gasteiger partial charge on any atom is 0.418 e. The molecule has 0 unspecified atom stereocenters. The van der Waals surface area contributed by atoms with Crippen LogP contribution in [0.3, 0.4) is 0 Å². The second-order valence-electron chi connectivity index (χ2n) is 5.34. The minimum Gasteiger partial charge on any atom is -0.392 e. The first-order valence-electron chi connectivity index (χ1n) is 7.01. The summed E-state index contributed by atoms with van der Waals surface area (Å²) in [5.41, 5.74) is -0.130. The van der Waals surface area contributed by atoms with Gasteiger partial charge in [-0.3, -0.25) is 0 Å². The van der Waals surface area contributed by atoms with Crippen LogP contribution in [0.1, 0.15) is 37.3 Å². The first kappa shape index (κ1) is 15.2. The van der Waals surface area contributed by atoms with Gasteiger partial charge in [0.05, 0.1) is 12.2 Å². The summed E-state index contributed by atoms with van der Waals surface area (Å²) in [7, 11) is 0. The predicted octanol–water partition coefficient (Wildman–Crippen LogP) is 3.82. The van der Waals surface area contributed by atoms with Gasteiger partial charge in [0, 0.05) is 18.8 Å². The average Bonchev–Trinajstić information content (AvgIpc) is 2.36. The fraction of sp³-hybridized carbons (Fsp3) is 0.600. The van der Waals surface area contributed by atoms with Crippen LogP contribution in [0.5, 0.6) is 0 Å². The standard InChI is InChI=1S/C15H20F3NO/c1-2-19(9-11-4-3-5-11)14-7-6-12(10-20)8-13(14)15(16,17)18/h6-8,11,20H,2-5,9-10H2,1H3. The Kier molecular flexibility index (Phi) is 4.58. The van der Waals surface area contributed by atoms with Gasteiger partial charge in [-0.1, -0.05) is 12.5 Å². The van der Waals surface area contributed by atoms with Crippen LogP contribution in [-0.2, 0) is 12.8 Å². The quantitative estimate of drug-likeness (QED) is 0.890. The minimum absolute atomic E-state index is 0.226. The summed E-state index contributed by atoms with van der Waals surface area (Å²) in [5, 5.41) is 9.03. The normalized spacial score (nSPS) is 16.1. The molecule has 0 heterocycles. The Hall–Kier alpha value is -1.23. The Balaban J connectivity index is 2.31. The highest BCUT2D eigenvalue weighted by molar-refractivity contribution is 5.56. The number of hydrogen-bond acceptors (Lipinski definition) is 2. The lowest BCUT2D eigenvalue weighted by Crippen LogP contribution is -2.33. The Labute approximate surface area is 117 Å². The summed E-state index contributed by atoms with van der Waals surface area (Å²) < 4.78 is 39.6. The zero-order valence-corrected chi connectivity index (χ0v) is 11.6. The number of aliphatic hydroxyl groups is 1. The van der Waals surface area contributed by atoms with E-state index < -0.39 is 11.7 Å². The summed E-state index contributed by atoms with van der Waals surface area (Å²) in [6.07, 6.45) is -1.01. The highest BCUT2D eigenvalue weighted by Gasteiger charge is 2.35. The van der Waals surface area contributed by atoms with Gasteiger partial charge in [-0.15, -0.1) is 0 Å². The van der Waals surface area contributed by atoms with Crippen LogP contribution in [0.25, 0.3) is 0 Å². The van der Waals surface area contributed by atoms with Gasteiger partial charge in [0.1, 0.15) is 0 Å². The Morgan fingerprint density at radius 1 is 1.30 bits per heavy atom. The molecule has 1 saturated carbocycles. The Bertz CT molecular complexity index is 455. The van der Waals surface area contributed by atoms with Crippen LogP contribution < -0.4 is 4.90 Å². The van der Waals surface area contributed by atoms with Crippen molar-refractivity contribution in [3.63, 3.8) is 0 Å². The van der Waals surface area contributed by atoms with Crippen LogP contribution in [-0.4, -0.2) is 18.2 Å². The minimum atomic E-state index is -4.40. The van der Waals surface area contributed by atoms with Gasteiger partial charge in [-0.25, -0.2) is 0 Å². The van der Waals surface area contributed by atoms with Crippen molar-refractivity contribution in [3.8, 4) is 0 Å². The number of hydrogen-bond donors (Lipinski definition) is 1. The first-order valence-corrected chi connectivity index (χ1v) is 7.01. The molecule has 0 spiro atoms. The van der Waals surface area contributed by atoms with E-state index in [1.807, 2.05) is 6.92 Å². The fourth-order valence-corrected chi connectivity index (χ4v) is 2.57. The number of nitrogens with zero attached hydrogens (tertiary/aromatic N) is 1. The molecule has 1 aromatic carbocycles. The molecule has 1 fully saturated rings. The van der Waals surface area contributed by atoms with Crippen molar-refractivity contribution in [3.05, 3.63) is 29.3 Å². The molecule has 0 aromatic heterocycles. The van der Waals surface area contributed by atoms with Crippen LogP contribution in [0, 0.1) is 5.92 Å². The van der Waals surface area contributed by atoms with E-state index in [9.17, 15) is 13.2 Å². The number of halogens is 3. The van der Waals surface area contributed by atoms with E-state index in [2.05, 4.69) is 0 Å². The van der Waals surface area contributed by atoms with Crippen molar-refractivity contribution in [1.29, 1.82) is 0 Å². The SMILES string of the molecule is CCN(CC1CCC1)c1ccc(CO)cc1C(F)(F)F. The zero-order chi connectivity index (χ0) is 14.8. The van der Waals surface area contributed by atoms with Gasteiger partial charge in [0.2, 0.25) is 0 Å². The summed E-state index contributed by atoms with van der Waals surface area (Å²) in [5.74, 6) is 0.508. The number of aliphatic hydroxyl groups excluding tert-OH is 1. The molecule has 0 saturated heterocycles. The monoisotopic (exact) mass is 287 g/mol. The van der Waals surface area contributed by atoms with E-state index in [4.69, 9.17) is 5.11 Å². The van der Waals surface area contributed by atoms with E-state index in [1.54, 1.807) is 11.0 Å². The lowest BCUT2D eigenvalue weighted by atomic mass is 9.85. The summed E-state index contributed by atoms with van der Waals surface area (Å²) in [4.78, 5) is 1.80. The predicted molar refractivity (Wildman–Crippen MR) is 72.6 cm³/mol. The van der Waals surface area contributed by atoms with Gasteiger partial charge in [0.25, 0.3) is 0 Å². The molecule has 1 aromatic rings. The number of benzene rings is 1.